The highest BCUT2D eigenvalue weighted by molar-refractivity contribution is 5.91. The molecule has 13 nitrogen and oxygen atoms in total. The van der Waals surface area contributed by atoms with E-state index in [2.05, 4.69) is 25.8 Å². The van der Waals surface area contributed by atoms with Gasteiger partial charge in [-0.15, -0.1) is 0 Å². The molecule has 5 aromatic rings. The number of fused-ring (bicyclic) bond motifs is 2. The molecule has 3 aromatic heterocycles. The Kier molecular flexibility index (Phi) is 7.75. The summed E-state index contributed by atoms with van der Waals surface area (Å²) in [4.78, 5) is 29.8. The second kappa shape index (κ2) is 11.9. The maximum atomic E-state index is 13.6. The zero-order chi connectivity index (χ0) is 29.9. The van der Waals surface area contributed by atoms with E-state index in [1.807, 2.05) is 35.9 Å². The van der Waals surface area contributed by atoms with Gasteiger partial charge in [0.05, 0.1) is 49.4 Å². The molecule has 0 bridgehead atoms. The fourth-order valence-corrected chi connectivity index (χ4v) is 5.23. The summed E-state index contributed by atoms with van der Waals surface area (Å²) < 4.78 is 27.8. The lowest BCUT2D eigenvalue weighted by atomic mass is 10.2. The van der Waals surface area contributed by atoms with Crippen LogP contribution in [0, 0.1) is 5.82 Å². The van der Waals surface area contributed by atoms with Gasteiger partial charge in [-0.05, 0) is 42.3 Å². The van der Waals surface area contributed by atoms with Crippen molar-refractivity contribution in [3.63, 3.8) is 0 Å². The van der Waals surface area contributed by atoms with Crippen LogP contribution >= 0.6 is 0 Å². The van der Waals surface area contributed by atoms with Crippen molar-refractivity contribution >= 4 is 45.8 Å². The Morgan fingerprint density at radius 1 is 1.21 bits per heavy atom. The predicted octanol–water partition coefficient (Wildman–Crippen LogP) is 4.50. The molecule has 0 saturated carbocycles. The molecule has 3 N–H and O–H groups in total. The van der Waals surface area contributed by atoms with Gasteiger partial charge in [-0.3, -0.25) is 14.9 Å². The van der Waals surface area contributed by atoms with E-state index in [0.717, 1.165) is 27.7 Å². The van der Waals surface area contributed by atoms with Crippen molar-refractivity contribution < 1.29 is 28.6 Å². The lowest BCUT2D eigenvalue weighted by molar-refractivity contribution is -0.0203. The minimum absolute atomic E-state index is 0.138. The normalized spacial score (nSPS) is 15.1. The van der Waals surface area contributed by atoms with Crippen molar-refractivity contribution in [2.24, 2.45) is 0 Å². The van der Waals surface area contributed by atoms with E-state index in [1.54, 1.807) is 23.0 Å². The third-order valence-corrected chi connectivity index (χ3v) is 7.27. The first-order valence-corrected chi connectivity index (χ1v) is 13.7. The van der Waals surface area contributed by atoms with Crippen molar-refractivity contribution in [3.05, 3.63) is 78.1 Å². The van der Waals surface area contributed by atoms with Gasteiger partial charge in [-0.1, -0.05) is 19.1 Å². The Balaban J connectivity index is 1.19. The molecule has 1 unspecified atom stereocenters. The molecule has 1 atom stereocenters. The van der Waals surface area contributed by atoms with Gasteiger partial charge in [0, 0.05) is 23.2 Å². The second-order valence-electron chi connectivity index (χ2n) is 10.0. The topological polar surface area (TPSA) is 148 Å². The first-order chi connectivity index (χ1) is 20.9. The summed E-state index contributed by atoms with van der Waals surface area (Å²) in [6, 6.07) is 11.7. The number of carbonyl (C=O) groups excluding carboxylic acids is 1. The van der Waals surface area contributed by atoms with Crippen LogP contribution in [0.25, 0.3) is 16.4 Å². The molecule has 2 amide bonds. The standard InChI is InChI=1S/C29H29FN8O5/c1-2-23-24(35-28(39)43-16-22-15-42-9-8-36(22)29(40)41)14-38-26(23)27(31-17-33-38)34-21-6-7-25-19(11-21)12-32-37(25)13-18-4-3-5-20(30)10-18/h3-7,10-12,14,17,22H,2,8-9,13,15-16H2,1H3,(H,35,39)(H,40,41)(H,31,33,34). The van der Waals surface area contributed by atoms with Gasteiger partial charge in [-0.2, -0.15) is 10.2 Å². The summed E-state index contributed by atoms with van der Waals surface area (Å²) in [6.07, 6.45) is 3.60. The Morgan fingerprint density at radius 3 is 2.91 bits per heavy atom. The molecule has 2 aromatic carbocycles. The zero-order valence-electron chi connectivity index (χ0n) is 23.2. The van der Waals surface area contributed by atoms with E-state index in [0.29, 0.717) is 36.6 Å². The van der Waals surface area contributed by atoms with E-state index in [4.69, 9.17) is 9.47 Å². The fraction of sp³-hybridized carbons (Fsp3) is 0.276. The summed E-state index contributed by atoms with van der Waals surface area (Å²) in [5.41, 5.74) is 4.45. The summed E-state index contributed by atoms with van der Waals surface area (Å²) in [5.74, 6) is 0.251. The van der Waals surface area contributed by atoms with E-state index in [9.17, 15) is 19.1 Å². The molecular weight excluding hydrogens is 559 g/mol. The highest BCUT2D eigenvalue weighted by Crippen LogP contribution is 2.30. The Hall–Kier alpha value is -5.24. The SMILES string of the molecule is CCc1c(NC(=O)OCC2COCCN2C(=O)O)cn2ncnc(Nc3ccc4c(cnn4Cc4cccc(F)c4)c3)c12. The first-order valence-electron chi connectivity index (χ1n) is 13.7. The Bertz CT molecular complexity index is 1800. The van der Waals surface area contributed by atoms with Gasteiger partial charge >= 0.3 is 12.2 Å². The summed E-state index contributed by atoms with van der Waals surface area (Å²) in [6.45, 7) is 2.92. The van der Waals surface area contributed by atoms with Crippen LogP contribution in [0.15, 0.2) is 61.2 Å². The lowest BCUT2D eigenvalue weighted by Gasteiger charge is -2.32. The van der Waals surface area contributed by atoms with Crippen LogP contribution in [0.2, 0.25) is 0 Å². The van der Waals surface area contributed by atoms with Crippen LogP contribution in [-0.2, 0) is 22.4 Å². The molecule has 6 rings (SSSR count). The van der Waals surface area contributed by atoms with Crippen LogP contribution in [0.4, 0.5) is 31.2 Å². The number of anilines is 3. The number of nitrogens with one attached hydrogen (secondary N) is 2. The molecule has 1 aliphatic rings. The van der Waals surface area contributed by atoms with Crippen LogP contribution in [-0.4, -0.2) is 79.0 Å². The smallest absolute Gasteiger partial charge is 0.411 e. The summed E-state index contributed by atoms with van der Waals surface area (Å²) in [5, 5.41) is 25.2. The Morgan fingerprint density at radius 2 is 2.09 bits per heavy atom. The molecule has 43 heavy (non-hydrogen) atoms. The van der Waals surface area contributed by atoms with E-state index < -0.39 is 18.2 Å². The third-order valence-electron chi connectivity index (χ3n) is 7.27. The highest BCUT2D eigenvalue weighted by Gasteiger charge is 2.28. The molecule has 0 spiro atoms. The number of carbonyl (C=O) groups is 2. The van der Waals surface area contributed by atoms with Crippen molar-refractivity contribution in [3.8, 4) is 0 Å². The number of rotatable bonds is 8. The number of benzene rings is 2. The average Bonchev–Trinajstić information content (AvgIpc) is 3.56. The van der Waals surface area contributed by atoms with E-state index >= 15 is 0 Å². The van der Waals surface area contributed by atoms with Gasteiger partial charge in [-0.25, -0.2) is 23.5 Å². The van der Waals surface area contributed by atoms with Crippen LogP contribution in [0.5, 0.6) is 0 Å². The minimum atomic E-state index is -1.08. The Labute approximate surface area is 244 Å². The van der Waals surface area contributed by atoms with Crippen molar-refractivity contribution in [2.45, 2.75) is 25.9 Å². The number of morpholine rings is 1. The number of nitrogens with zero attached hydrogens (tertiary/aromatic N) is 6. The molecule has 1 fully saturated rings. The second-order valence-corrected chi connectivity index (χ2v) is 10.0. The fourth-order valence-electron chi connectivity index (χ4n) is 5.23. The summed E-state index contributed by atoms with van der Waals surface area (Å²) in [7, 11) is 0. The predicted molar refractivity (Wildman–Crippen MR) is 155 cm³/mol. The molecule has 0 aliphatic carbocycles. The van der Waals surface area contributed by atoms with Crippen LogP contribution in [0.3, 0.4) is 0 Å². The average molecular weight is 589 g/mol. The first kappa shape index (κ1) is 27.9. The molecule has 1 aliphatic heterocycles. The van der Waals surface area contributed by atoms with Gasteiger partial charge in [0.15, 0.2) is 5.82 Å². The number of hydrogen-bond acceptors (Lipinski definition) is 8. The van der Waals surface area contributed by atoms with Gasteiger partial charge < -0.3 is 19.9 Å². The number of amides is 2. The molecule has 0 radical (unpaired) electrons. The molecule has 14 heteroatoms. The number of hydrogen-bond donors (Lipinski definition) is 3. The number of aromatic nitrogens is 5. The monoisotopic (exact) mass is 588 g/mol. The largest absolute Gasteiger partial charge is 0.465 e. The molecule has 1 saturated heterocycles. The lowest BCUT2D eigenvalue weighted by Crippen LogP contribution is -2.50. The van der Waals surface area contributed by atoms with E-state index in [-0.39, 0.29) is 25.6 Å². The molecular formula is C29H29FN8O5. The highest BCUT2D eigenvalue weighted by atomic mass is 19.1. The number of ether oxygens (including phenoxy) is 2. The van der Waals surface area contributed by atoms with Gasteiger partial charge in [0.25, 0.3) is 0 Å². The van der Waals surface area contributed by atoms with Crippen molar-refractivity contribution in [1.29, 1.82) is 0 Å². The van der Waals surface area contributed by atoms with Gasteiger partial charge in [0.1, 0.15) is 24.3 Å². The van der Waals surface area contributed by atoms with E-state index in [1.165, 1.54) is 23.4 Å². The van der Waals surface area contributed by atoms with Crippen LogP contribution < -0.4 is 10.6 Å². The maximum Gasteiger partial charge on any atom is 0.411 e. The zero-order valence-corrected chi connectivity index (χ0v) is 23.2. The number of carboxylic acid groups (broad SMARTS) is 1. The maximum absolute atomic E-state index is 13.6. The molecule has 222 valence electrons. The van der Waals surface area contributed by atoms with Gasteiger partial charge in [0.2, 0.25) is 0 Å². The minimum Gasteiger partial charge on any atom is -0.465 e. The number of aryl methyl sites for hydroxylation is 1. The third kappa shape index (κ3) is 5.90. The van der Waals surface area contributed by atoms with Crippen molar-refractivity contribution in [1.82, 2.24) is 29.3 Å². The van der Waals surface area contributed by atoms with Crippen LogP contribution in [0.1, 0.15) is 18.1 Å². The summed E-state index contributed by atoms with van der Waals surface area (Å²) >= 11 is 0. The van der Waals surface area contributed by atoms with Crippen molar-refractivity contribution in [2.75, 3.05) is 37.0 Å². The quantitative estimate of drug-likeness (QED) is 0.238. The number of halogens is 1. The molecule has 4 heterocycles.